The van der Waals surface area contributed by atoms with Crippen molar-refractivity contribution in [2.75, 3.05) is 11.9 Å². The summed E-state index contributed by atoms with van der Waals surface area (Å²) in [4.78, 5) is 1.39. The summed E-state index contributed by atoms with van der Waals surface area (Å²) in [5.74, 6) is 0.843. The maximum Gasteiger partial charge on any atom is 0.142 e. The molecule has 2 nitrogen and oxygen atoms in total. The van der Waals surface area contributed by atoms with E-state index in [2.05, 4.69) is 11.4 Å². The van der Waals surface area contributed by atoms with Gasteiger partial charge in [-0.1, -0.05) is 23.2 Å². The SMILES string of the molecule is CCOc1ccc(Cl)cc1NC1CCCc2sc(Cl)cc21. The Morgan fingerprint density at radius 2 is 2.19 bits per heavy atom. The van der Waals surface area contributed by atoms with Gasteiger partial charge in [0.2, 0.25) is 0 Å². The third kappa shape index (κ3) is 3.31. The molecule has 3 rings (SSSR count). The van der Waals surface area contributed by atoms with E-state index in [9.17, 15) is 0 Å². The van der Waals surface area contributed by atoms with E-state index in [1.54, 1.807) is 11.3 Å². The van der Waals surface area contributed by atoms with Crippen LogP contribution in [0.15, 0.2) is 24.3 Å². The molecule has 1 N–H and O–H groups in total. The van der Waals surface area contributed by atoms with Crippen LogP contribution >= 0.6 is 34.5 Å². The molecule has 0 amide bonds. The van der Waals surface area contributed by atoms with Gasteiger partial charge in [0.25, 0.3) is 0 Å². The van der Waals surface area contributed by atoms with Crippen LogP contribution in [0.25, 0.3) is 0 Å². The minimum Gasteiger partial charge on any atom is -0.492 e. The molecule has 1 aliphatic carbocycles. The number of benzene rings is 1. The van der Waals surface area contributed by atoms with E-state index < -0.39 is 0 Å². The lowest BCUT2D eigenvalue weighted by Gasteiger charge is -2.25. The van der Waals surface area contributed by atoms with E-state index in [1.807, 2.05) is 25.1 Å². The molecule has 21 heavy (non-hydrogen) atoms. The number of halogens is 2. The first-order chi connectivity index (χ1) is 10.2. The Hall–Kier alpha value is -0.900. The van der Waals surface area contributed by atoms with Gasteiger partial charge in [-0.3, -0.25) is 0 Å². The third-order valence-electron chi connectivity index (χ3n) is 3.65. The fourth-order valence-electron chi connectivity index (χ4n) is 2.76. The number of hydrogen-bond acceptors (Lipinski definition) is 3. The zero-order valence-corrected chi connectivity index (χ0v) is 14.1. The fraction of sp³-hybridized carbons (Fsp3) is 0.375. The van der Waals surface area contributed by atoms with Gasteiger partial charge in [0, 0.05) is 9.90 Å². The maximum atomic E-state index is 6.17. The summed E-state index contributed by atoms with van der Waals surface area (Å²) in [5, 5.41) is 4.29. The van der Waals surface area contributed by atoms with Crippen molar-refractivity contribution in [2.45, 2.75) is 32.2 Å². The Morgan fingerprint density at radius 3 is 3.00 bits per heavy atom. The topological polar surface area (TPSA) is 21.3 Å². The van der Waals surface area contributed by atoms with Crippen LogP contribution in [0.1, 0.15) is 36.2 Å². The van der Waals surface area contributed by atoms with Gasteiger partial charge in [0.1, 0.15) is 5.75 Å². The summed E-state index contributed by atoms with van der Waals surface area (Å²) in [6.45, 7) is 2.62. The van der Waals surface area contributed by atoms with Gasteiger partial charge in [-0.25, -0.2) is 0 Å². The molecule has 1 heterocycles. The molecular formula is C16H17Cl2NOS. The average Bonchev–Trinajstić information content (AvgIpc) is 2.83. The number of rotatable bonds is 4. The third-order valence-corrected chi connectivity index (χ3v) is 5.23. The first-order valence-electron chi connectivity index (χ1n) is 7.14. The van der Waals surface area contributed by atoms with Crippen molar-refractivity contribution in [3.05, 3.63) is 44.1 Å². The van der Waals surface area contributed by atoms with Gasteiger partial charge in [-0.2, -0.15) is 0 Å². The highest BCUT2D eigenvalue weighted by Gasteiger charge is 2.23. The molecule has 112 valence electrons. The Balaban J connectivity index is 1.89. The molecule has 1 aromatic heterocycles. The van der Waals surface area contributed by atoms with Crippen LogP contribution in [-0.4, -0.2) is 6.61 Å². The number of thiophene rings is 1. The largest absolute Gasteiger partial charge is 0.492 e. The van der Waals surface area contributed by atoms with Gasteiger partial charge in [0.05, 0.1) is 22.7 Å². The monoisotopic (exact) mass is 341 g/mol. The van der Waals surface area contributed by atoms with Gasteiger partial charge in [0.15, 0.2) is 0 Å². The van der Waals surface area contributed by atoms with E-state index in [1.165, 1.54) is 16.9 Å². The normalized spacial score (nSPS) is 17.4. The Morgan fingerprint density at radius 1 is 1.33 bits per heavy atom. The minimum atomic E-state index is 0.273. The van der Waals surface area contributed by atoms with E-state index >= 15 is 0 Å². The van der Waals surface area contributed by atoms with Crippen molar-refractivity contribution in [3.63, 3.8) is 0 Å². The summed E-state index contributed by atoms with van der Waals surface area (Å²) in [6, 6.07) is 8.05. The molecule has 0 saturated carbocycles. The minimum absolute atomic E-state index is 0.273. The zero-order chi connectivity index (χ0) is 14.8. The second kappa shape index (κ2) is 6.47. The summed E-state index contributed by atoms with van der Waals surface area (Å²) in [7, 11) is 0. The van der Waals surface area contributed by atoms with Crippen LogP contribution in [-0.2, 0) is 6.42 Å². The van der Waals surface area contributed by atoms with Gasteiger partial charge in [-0.15, -0.1) is 11.3 Å². The highest BCUT2D eigenvalue weighted by atomic mass is 35.5. The molecule has 2 aromatic rings. The standard InChI is InChI=1S/C16H17Cl2NOS/c1-2-20-14-7-6-10(17)8-13(14)19-12-4-3-5-15-11(12)9-16(18)21-15/h6-9,12,19H,2-5H2,1H3. The number of aryl methyl sites for hydroxylation is 1. The number of hydrogen-bond donors (Lipinski definition) is 1. The lowest BCUT2D eigenvalue weighted by atomic mass is 9.94. The summed E-state index contributed by atoms with van der Waals surface area (Å²) >= 11 is 14.0. The van der Waals surface area contributed by atoms with E-state index in [0.29, 0.717) is 11.6 Å². The fourth-order valence-corrected chi connectivity index (χ4v) is 4.31. The number of ether oxygens (including phenoxy) is 1. The highest BCUT2D eigenvalue weighted by Crippen LogP contribution is 2.41. The van der Waals surface area contributed by atoms with Crippen LogP contribution in [0.5, 0.6) is 5.75 Å². The molecule has 5 heteroatoms. The van der Waals surface area contributed by atoms with Crippen LogP contribution in [0, 0.1) is 0 Å². The molecule has 0 fully saturated rings. The van der Waals surface area contributed by atoms with E-state index in [0.717, 1.165) is 28.6 Å². The molecule has 1 aliphatic rings. The molecule has 1 aromatic carbocycles. The average molecular weight is 342 g/mol. The van der Waals surface area contributed by atoms with Gasteiger partial charge >= 0.3 is 0 Å². The van der Waals surface area contributed by atoms with E-state index in [-0.39, 0.29) is 6.04 Å². The lowest BCUT2D eigenvalue weighted by molar-refractivity contribution is 0.341. The first-order valence-corrected chi connectivity index (χ1v) is 8.71. The number of nitrogens with one attached hydrogen (secondary N) is 1. The maximum absolute atomic E-state index is 6.17. The van der Waals surface area contributed by atoms with E-state index in [4.69, 9.17) is 27.9 Å². The zero-order valence-electron chi connectivity index (χ0n) is 11.8. The van der Waals surface area contributed by atoms with Crippen LogP contribution in [0.4, 0.5) is 5.69 Å². The molecule has 1 unspecified atom stereocenters. The summed E-state index contributed by atoms with van der Waals surface area (Å²) in [5.41, 5.74) is 2.27. The molecule has 0 spiro atoms. The van der Waals surface area contributed by atoms with Crippen LogP contribution < -0.4 is 10.1 Å². The summed E-state index contributed by atoms with van der Waals surface area (Å²) < 4.78 is 6.55. The van der Waals surface area contributed by atoms with Crippen molar-refractivity contribution < 1.29 is 4.74 Å². The van der Waals surface area contributed by atoms with Crippen LogP contribution in [0.2, 0.25) is 9.36 Å². The van der Waals surface area contributed by atoms with Gasteiger partial charge in [-0.05, 0) is 56.0 Å². The Kier molecular flexibility index (Phi) is 4.63. The van der Waals surface area contributed by atoms with Gasteiger partial charge < -0.3 is 10.1 Å². The van der Waals surface area contributed by atoms with Crippen molar-refractivity contribution in [1.29, 1.82) is 0 Å². The molecule has 0 saturated heterocycles. The molecular weight excluding hydrogens is 325 g/mol. The Labute approximate surface area is 139 Å². The van der Waals surface area contributed by atoms with Crippen molar-refractivity contribution in [3.8, 4) is 5.75 Å². The lowest BCUT2D eigenvalue weighted by Crippen LogP contribution is -2.16. The van der Waals surface area contributed by atoms with Crippen molar-refractivity contribution >= 4 is 40.2 Å². The predicted octanol–water partition coefficient (Wildman–Crippen LogP) is 5.94. The summed E-state index contributed by atoms with van der Waals surface area (Å²) in [6.07, 6.45) is 3.39. The second-order valence-corrected chi connectivity index (χ2v) is 7.30. The smallest absolute Gasteiger partial charge is 0.142 e. The van der Waals surface area contributed by atoms with Crippen LogP contribution in [0.3, 0.4) is 0 Å². The number of fused-ring (bicyclic) bond motifs is 1. The predicted molar refractivity (Wildman–Crippen MR) is 91.3 cm³/mol. The molecule has 0 aliphatic heterocycles. The first kappa shape index (κ1) is 15.0. The number of anilines is 1. The molecule has 1 atom stereocenters. The molecule has 0 radical (unpaired) electrons. The highest BCUT2D eigenvalue weighted by molar-refractivity contribution is 7.16. The van der Waals surface area contributed by atoms with Crippen molar-refractivity contribution in [1.82, 2.24) is 0 Å². The Bertz CT molecular complexity index is 641. The van der Waals surface area contributed by atoms with Crippen molar-refractivity contribution in [2.24, 2.45) is 0 Å². The second-order valence-electron chi connectivity index (χ2n) is 5.09. The quantitative estimate of drug-likeness (QED) is 0.742. The molecule has 0 bridgehead atoms.